The summed E-state index contributed by atoms with van der Waals surface area (Å²) in [5.74, 6) is 1.71. The van der Waals surface area contributed by atoms with Crippen molar-refractivity contribution in [2.24, 2.45) is 0 Å². The Hall–Kier alpha value is -1.36. The molecule has 0 atom stereocenters. The molecule has 0 saturated heterocycles. The van der Waals surface area contributed by atoms with Crippen molar-refractivity contribution < 1.29 is 75.8 Å². The first-order valence-corrected chi connectivity index (χ1v) is 7.88. The molecule has 0 saturated carbocycles. The Morgan fingerprint density at radius 1 is 0.483 bits per heavy atom. The number of nitrogens with zero attached hydrogens (tertiary/aromatic N) is 2. The fourth-order valence-electron chi connectivity index (χ4n) is 3.06. The second kappa shape index (κ2) is 11.7. The van der Waals surface area contributed by atoms with Gasteiger partial charge in [0.2, 0.25) is 0 Å². The van der Waals surface area contributed by atoms with Gasteiger partial charge < -0.3 is 59.6 Å². The van der Waals surface area contributed by atoms with Crippen molar-refractivity contribution in [3.05, 3.63) is 72.8 Å². The maximum absolute atomic E-state index is 4.73. The first-order valence-electron chi connectivity index (χ1n) is 7.88. The monoisotopic (exact) mass is 540 g/mol. The van der Waals surface area contributed by atoms with E-state index in [9.17, 15) is 0 Å². The van der Waals surface area contributed by atoms with Crippen LogP contribution in [0.15, 0.2) is 72.8 Å². The fourth-order valence-corrected chi connectivity index (χ4v) is 3.06. The molecule has 2 heterocycles. The molecule has 4 nitrogen and oxygen atoms in total. The average molecular weight is 543 g/mol. The molecule has 3 aromatic carbocycles. The minimum Gasteiger partial charge on any atom is -1.00 e. The third-order valence-electron chi connectivity index (χ3n) is 4.22. The van der Waals surface area contributed by atoms with E-state index in [2.05, 4.69) is 22.1 Å². The molecule has 0 spiro atoms. The van der Waals surface area contributed by atoms with Gasteiger partial charge >= 0.3 is 26.2 Å². The molecule has 0 aliphatic heterocycles. The van der Waals surface area contributed by atoms with Crippen LogP contribution in [0.25, 0.3) is 44.8 Å². The molecule has 0 bridgehead atoms. The number of aromatic nitrogens is 4. The number of rotatable bonds is 2. The first-order chi connectivity index (χ1) is 11.9. The number of H-pyrrole nitrogens is 2. The Balaban J connectivity index is 0.00000157. The van der Waals surface area contributed by atoms with Crippen LogP contribution in [0.3, 0.4) is 0 Å². The normalized spacial score (nSPS) is 9.38. The average Bonchev–Trinajstić information content (AvgIpc) is 3.25. The fraction of sp³-hybridized carbons (Fsp3) is 0. The Morgan fingerprint density at radius 2 is 0.828 bits per heavy atom. The van der Waals surface area contributed by atoms with Crippen molar-refractivity contribution in [3.63, 3.8) is 0 Å². The minimum atomic E-state index is 0. The van der Waals surface area contributed by atoms with Crippen LogP contribution in [-0.2, 0) is 26.2 Å². The topological polar surface area (TPSA) is 57.4 Å². The number of aromatic amines is 2. The van der Waals surface area contributed by atoms with E-state index in [-0.39, 0.29) is 75.8 Å². The van der Waals surface area contributed by atoms with Crippen LogP contribution >= 0.6 is 0 Å². The molecule has 0 unspecified atom stereocenters. The third-order valence-corrected chi connectivity index (χ3v) is 4.22. The van der Waals surface area contributed by atoms with Gasteiger partial charge in [-0.15, -0.1) is 0 Å². The number of imidazole rings is 2. The summed E-state index contributed by atoms with van der Waals surface area (Å²) in [4.78, 5) is 16.3. The summed E-state index contributed by atoms with van der Waals surface area (Å²) in [7, 11) is 0. The van der Waals surface area contributed by atoms with Gasteiger partial charge in [0.15, 0.2) is 0 Å². The van der Waals surface area contributed by atoms with Crippen LogP contribution in [0.2, 0.25) is 0 Å². The molecule has 0 fully saturated rings. The van der Waals surface area contributed by atoms with E-state index in [1.807, 2.05) is 60.7 Å². The van der Waals surface area contributed by atoms with Gasteiger partial charge in [0.1, 0.15) is 11.6 Å². The minimum absolute atomic E-state index is 0. The van der Waals surface area contributed by atoms with Crippen LogP contribution in [0, 0.1) is 0 Å². The van der Waals surface area contributed by atoms with Crippen LogP contribution in [-0.4, -0.2) is 19.9 Å². The second-order valence-electron chi connectivity index (χ2n) is 5.75. The summed E-state index contributed by atoms with van der Waals surface area (Å²) in [6, 6.07) is 24.3. The molecule has 2 N–H and O–H groups in total. The van der Waals surface area contributed by atoms with E-state index in [0.29, 0.717) is 0 Å². The Kier molecular flexibility index (Phi) is 11.2. The van der Waals surface area contributed by atoms with Crippen LogP contribution in [0.4, 0.5) is 0 Å². The standard InChI is InChI=1S/C20H14N4.4ClH.Zr/c1-2-8-14(20-23-17-11-5-6-12-18(17)24-20)13(7-1)19-21-15-9-3-4-10-16(15)22-19;;;;;/h1-12H,(H,21,22)(H,23,24);4*1H;/q;;;;;+4/p-4. The molecule has 5 rings (SSSR count). The zero-order valence-corrected chi connectivity index (χ0v) is 20.3. The van der Waals surface area contributed by atoms with Crippen LogP contribution in [0.5, 0.6) is 0 Å². The van der Waals surface area contributed by atoms with Crippen molar-refractivity contribution in [1.82, 2.24) is 19.9 Å². The summed E-state index contributed by atoms with van der Waals surface area (Å²) in [5, 5.41) is 0. The quantitative estimate of drug-likeness (QED) is 0.233. The van der Waals surface area contributed by atoms with Gasteiger partial charge in [0.25, 0.3) is 0 Å². The van der Waals surface area contributed by atoms with Crippen LogP contribution in [0.1, 0.15) is 0 Å². The van der Waals surface area contributed by atoms with Gasteiger partial charge in [-0.3, -0.25) is 0 Å². The molecule has 29 heavy (non-hydrogen) atoms. The van der Waals surface area contributed by atoms with Gasteiger partial charge in [-0.05, 0) is 24.3 Å². The summed E-state index contributed by atoms with van der Waals surface area (Å²) in [5.41, 5.74) is 6.07. The number of halogens is 4. The predicted molar refractivity (Wildman–Crippen MR) is 96.6 cm³/mol. The van der Waals surface area contributed by atoms with E-state index >= 15 is 0 Å². The van der Waals surface area contributed by atoms with Crippen molar-refractivity contribution in [3.8, 4) is 22.8 Å². The maximum Gasteiger partial charge on any atom is 4.00 e. The molecular formula is C20H14Cl4N4Zr. The summed E-state index contributed by atoms with van der Waals surface area (Å²) in [6.07, 6.45) is 0. The van der Waals surface area contributed by atoms with Crippen molar-refractivity contribution in [2.45, 2.75) is 0 Å². The molecule has 0 aliphatic carbocycles. The summed E-state index contributed by atoms with van der Waals surface area (Å²) >= 11 is 0. The molecule has 0 radical (unpaired) electrons. The van der Waals surface area contributed by atoms with Crippen molar-refractivity contribution in [2.75, 3.05) is 0 Å². The molecule has 0 amide bonds. The van der Waals surface area contributed by atoms with E-state index in [1.165, 1.54) is 0 Å². The second-order valence-corrected chi connectivity index (χ2v) is 5.75. The number of para-hydroxylation sites is 4. The zero-order chi connectivity index (χ0) is 15.9. The van der Waals surface area contributed by atoms with Crippen molar-refractivity contribution in [1.29, 1.82) is 0 Å². The first kappa shape index (κ1) is 27.6. The number of fused-ring (bicyclic) bond motifs is 2. The molecular weight excluding hydrogens is 529 g/mol. The molecule has 2 aromatic heterocycles. The van der Waals surface area contributed by atoms with Gasteiger partial charge in [-0.1, -0.05) is 48.5 Å². The number of benzene rings is 3. The van der Waals surface area contributed by atoms with Crippen molar-refractivity contribution >= 4 is 22.1 Å². The van der Waals surface area contributed by atoms with Gasteiger partial charge in [0, 0.05) is 11.1 Å². The Morgan fingerprint density at radius 3 is 1.21 bits per heavy atom. The SMILES string of the molecule is [Cl-].[Cl-].[Cl-].[Cl-].[Zr+4].c1ccc(-c2nc3ccccc3[nH]2)c(-c2nc3ccccc3[nH]2)c1. The van der Waals surface area contributed by atoms with E-state index in [4.69, 9.17) is 9.97 Å². The van der Waals surface area contributed by atoms with Gasteiger partial charge in [-0.25, -0.2) is 9.97 Å². The molecule has 146 valence electrons. The third kappa shape index (κ3) is 5.23. The smallest absolute Gasteiger partial charge is 1.00 e. The van der Waals surface area contributed by atoms with Gasteiger partial charge in [-0.2, -0.15) is 0 Å². The molecule has 0 aliphatic rings. The number of nitrogens with one attached hydrogen (secondary N) is 2. The number of hydrogen-bond donors (Lipinski definition) is 2. The molecule has 5 aromatic rings. The zero-order valence-electron chi connectivity index (χ0n) is 14.8. The predicted octanol–water partition coefficient (Wildman–Crippen LogP) is -7.21. The maximum atomic E-state index is 4.73. The van der Waals surface area contributed by atoms with E-state index < -0.39 is 0 Å². The molecule has 9 heteroatoms. The van der Waals surface area contributed by atoms with E-state index in [1.54, 1.807) is 0 Å². The summed E-state index contributed by atoms with van der Waals surface area (Å²) in [6.45, 7) is 0. The Bertz CT molecular complexity index is 1030. The van der Waals surface area contributed by atoms with E-state index in [0.717, 1.165) is 44.8 Å². The number of hydrogen-bond acceptors (Lipinski definition) is 2. The summed E-state index contributed by atoms with van der Waals surface area (Å²) < 4.78 is 0. The van der Waals surface area contributed by atoms with Crippen LogP contribution < -0.4 is 49.6 Å². The Labute approximate surface area is 212 Å². The largest absolute Gasteiger partial charge is 4.00 e. The van der Waals surface area contributed by atoms with Gasteiger partial charge in [0.05, 0.1) is 22.1 Å².